The van der Waals surface area contributed by atoms with Gasteiger partial charge < -0.3 is 10.1 Å². The van der Waals surface area contributed by atoms with Crippen molar-refractivity contribution in [2.45, 2.75) is 33.1 Å². The standard InChI is InChI=1S/C23H24N2O3/c1-4-12-28-23(27)19-6-5-7-21(14-19)25-22(26)20(15-24)13-17-8-10-18(11-9-17)16(2)3/h5-11,13-14,16H,4,12H2,1-3H3,(H,25,26)/b20-13+. The monoisotopic (exact) mass is 376 g/mol. The van der Waals surface area contributed by atoms with Crippen LogP contribution in [0.25, 0.3) is 6.08 Å². The summed E-state index contributed by atoms with van der Waals surface area (Å²) in [5, 5.41) is 12.0. The van der Waals surface area contributed by atoms with Gasteiger partial charge in [0.05, 0.1) is 12.2 Å². The average molecular weight is 376 g/mol. The lowest BCUT2D eigenvalue weighted by molar-refractivity contribution is -0.112. The molecule has 5 heteroatoms. The molecule has 1 N–H and O–H groups in total. The maximum Gasteiger partial charge on any atom is 0.338 e. The van der Waals surface area contributed by atoms with Gasteiger partial charge in [-0.2, -0.15) is 5.26 Å². The van der Waals surface area contributed by atoms with Gasteiger partial charge in [-0.25, -0.2) is 4.79 Å². The number of anilines is 1. The molecule has 0 aromatic heterocycles. The van der Waals surface area contributed by atoms with Crippen molar-refractivity contribution in [1.29, 1.82) is 5.26 Å². The van der Waals surface area contributed by atoms with E-state index in [-0.39, 0.29) is 5.57 Å². The highest BCUT2D eigenvalue weighted by molar-refractivity contribution is 6.10. The summed E-state index contributed by atoms with van der Waals surface area (Å²) in [5.74, 6) is -0.568. The number of ether oxygens (including phenoxy) is 1. The summed E-state index contributed by atoms with van der Waals surface area (Å²) in [6.07, 6.45) is 2.27. The molecule has 1 amide bonds. The van der Waals surface area contributed by atoms with Gasteiger partial charge in [-0.05, 0) is 47.7 Å². The van der Waals surface area contributed by atoms with E-state index in [4.69, 9.17) is 4.74 Å². The third-order valence-electron chi connectivity index (χ3n) is 4.07. The van der Waals surface area contributed by atoms with E-state index in [9.17, 15) is 14.9 Å². The molecular formula is C23H24N2O3. The van der Waals surface area contributed by atoms with E-state index < -0.39 is 11.9 Å². The fourth-order valence-corrected chi connectivity index (χ4v) is 2.49. The second-order valence-corrected chi connectivity index (χ2v) is 6.66. The fraction of sp³-hybridized carbons (Fsp3) is 0.261. The summed E-state index contributed by atoms with van der Waals surface area (Å²) in [6.45, 7) is 6.46. The molecular weight excluding hydrogens is 352 g/mol. The SMILES string of the molecule is CCCOC(=O)c1cccc(NC(=O)/C(C#N)=C/c2ccc(C(C)C)cc2)c1. The number of rotatable bonds is 7. The zero-order chi connectivity index (χ0) is 20.5. The zero-order valence-corrected chi connectivity index (χ0v) is 16.4. The Morgan fingerprint density at radius 3 is 2.50 bits per heavy atom. The van der Waals surface area contributed by atoms with Crippen molar-refractivity contribution in [2.24, 2.45) is 0 Å². The fourth-order valence-electron chi connectivity index (χ4n) is 2.49. The van der Waals surface area contributed by atoms with Crippen LogP contribution in [0.2, 0.25) is 0 Å². The van der Waals surface area contributed by atoms with Gasteiger partial charge in [-0.1, -0.05) is 51.1 Å². The summed E-state index contributed by atoms with van der Waals surface area (Å²) in [6, 6.07) is 16.1. The van der Waals surface area contributed by atoms with Crippen LogP contribution < -0.4 is 5.32 Å². The molecule has 2 aromatic rings. The van der Waals surface area contributed by atoms with Gasteiger partial charge in [-0.15, -0.1) is 0 Å². The normalized spacial score (nSPS) is 11.0. The molecule has 0 aliphatic carbocycles. The first-order valence-corrected chi connectivity index (χ1v) is 9.25. The molecule has 144 valence electrons. The summed E-state index contributed by atoms with van der Waals surface area (Å²) in [7, 11) is 0. The zero-order valence-electron chi connectivity index (χ0n) is 16.4. The average Bonchev–Trinajstić information content (AvgIpc) is 2.70. The summed E-state index contributed by atoms with van der Waals surface area (Å²) < 4.78 is 5.10. The van der Waals surface area contributed by atoms with Crippen LogP contribution in [-0.4, -0.2) is 18.5 Å². The molecule has 28 heavy (non-hydrogen) atoms. The number of carbonyl (C=O) groups excluding carboxylic acids is 2. The van der Waals surface area contributed by atoms with Crippen LogP contribution in [0.15, 0.2) is 54.1 Å². The van der Waals surface area contributed by atoms with Crippen LogP contribution in [0, 0.1) is 11.3 Å². The smallest absolute Gasteiger partial charge is 0.338 e. The number of benzene rings is 2. The highest BCUT2D eigenvalue weighted by atomic mass is 16.5. The van der Waals surface area contributed by atoms with Gasteiger partial charge in [0.15, 0.2) is 0 Å². The van der Waals surface area contributed by atoms with E-state index in [2.05, 4.69) is 19.2 Å². The van der Waals surface area contributed by atoms with E-state index >= 15 is 0 Å². The minimum atomic E-state index is -0.533. The Morgan fingerprint density at radius 2 is 1.89 bits per heavy atom. The lowest BCUT2D eigenvalue weighted by Gasteiger charge is -2.08. The van der Waals surface area contributed by atoms with E-state index in [1.165, 1.54) is 11.6 Å². The van der Waals surface area contributed by atoms with E-state index in [1.54, 1.807) is 24.3 Å². The number of nitriles is 1. The van der Waals surface area contributed by atoms with Gasteiger partial charge in [0.1, 0.15) is 11.6 Å². The van der Waals surface area contributed by atoms with Crippen molar-refractivity contribution in [3.8, 4) is 6.07 Å². The minimum Gasteiger partial charge on any atom is -0.462 e. The largest absolute Gasteiger partial charge is 0.462 e. The van der Waals surface area contributed by atoms with Crippen LogP contribution in [0.1, 0.15) is 54.6 Å². The highest BCUT2D eigenvalue weighted by Gasteiger charge is 2.12. The van der Waals surface area contributed by atoms with Gasteiger partial charge in [0, 0.05) is 5.69 Å². The summed E-state index contributed by atoms with van der Waals surface area (Å²) >= 11 is 0. The first-order valence-electron chi connectivity index (χ1n) is 9.25. The van der Waals surface area contributed by atoms with E-state index in [0.717, 1.165) is 12.0 Å². The minimum absolute atomic E-state index is 0.0174. The molecule has 0 aliphatic rings. The maximum atomic E-state index is 12.5. The van der Waals surface area contributed by atoms with Crippen molar-refractivity contribution >= 4 is 23.6 Å². The molecule has 0 heterocycles. The van der Waals surface area contributed by atoms with E-state index in [1.807, 2.05) is 37.3 Å². The van der Waals surface area contributed by atoms with Crippen molar-refractivity contribution in [3.63, 3.8) is 0 Å². The number of amides is 1. The van der Waals surface area contributed by atoms with E-state index in [0.29, 0.717) is 23.8 Å². The topological polar surface area (TPSA) is 79.2 Å². The quantitative estimate of drug-likeness (QED) is 0.422. The lowest BCUT2D eigenvalue weighted by Crippen LogP contribution is -2.14. The van der Waals surface area contributed by atoms with Crippen molar-refractivity contribution in [1.82, 2.24) is 0 Å². The van der Waals surface area contributed by atoms with Crippen LogP contribution >= 0.6 is 0 Å². The Balaban J connectivity index is 2.13. The number of hydrogen-bond donors (Lipinski definition) is 1. The molecule has 0 bridgehead atoms. The second-order valence-electron chi connectivity index (χ2n) is 6.66. The third kappa shape index (κ3) is 5.82. The number of esters is 1. The Hall–Kier alpha value is -3.39. The summed E-state index contributed by atoms with van der Waals surface area (Å²) in [4.78, 5) is 24.4. The predicted octanol–water partition coefficient (Wildman–Crippen LogP) is 4.92. The lowest BCUT2D eigenvalue weighted by atomic mass is 10.0. The number of hydrogen-bond acceptors (Lipinski definition) is 4. The molecule has 5 nitrogen and oxygen atoms in total. The molecule has 0 fully saturated rings. The second kappa shape index (κ2) is 10.1. The Bertz CT molecular complexity index is 906. The molecule has 0 saturated heterocycles. The van der Waals surface area contributed by atoms with Gasteiger partial charge in [0.2, 0.25) is 0 Å². The predicted molar refractivity (Wildman–Crippen MR) is 110 cm³/mol. The Labute approximate surface area is 165 Å². The first-order chi connectivity index (χ1) is 13.4. The van der Waals surface area contributed by atoms with Gasteiger partial charge in [-0.3, -0.25) is 4.79 Å². The van der Waals surface area contributed by atoms with Crippen molar-refractivity contribution in [2.75, 3.05) is 11.9 Å². The number of nitrogens with one attached hydrogen (secondary N) is 1. The van der Waals surface area contributed by atoms with Crippen LogP contribution in [-0.2, 0) is 9.53 Å². The van der Waals surface area contributed by atoms with Crippen molar-refractivity contribution < 1.29 is 14.3 Å². The number of nitrogens with zero attached hydrogens (tertiary/aromatic N) is 1. The number of carbonyl (C=O) groups is 2. The molecule has 0 atom stereocenters. The third-order valence-corrected chi connectivity index (χ3v) is 4.07. The first kappa shape index (κ1) is 20.9. The van der Waals surface area contributed by atoms with Crippen LogP contribution in [0.3, 0.4) is 0 Å². The molecule has 0 saturated carbocycles. The molecule has 0 aliphatic heterocycles. The van der Waals surface area contributed by atoms with Gasteiger partial charge in [0.25, 0.3) is 5.91 Å². The molecule has 2 rings (SSSR count). The molecule has 0 spiro atoms. The molecule has 0 radical (unpaired) electrons. The Morgan fingerprint density at radius 1 is 1.18 bits per heavy atom. The molecule has 2 aromatic carbocycles. The Kier molecular flexibility index (Phi) is 7.53. The van der Waals surface area contributed by atoms with Gasteiger partial charge >= 0.3 is 5.97 Å². The van der Waals surface area contributed by atoms with Crippen LogP contribution in [0.4, 0.5) is 5.69 Å². The van der Waals surface area contributed by atoms with Crippen molar-refractivity contribution in [3.05, 3.63) is 70.8 Å². The molecule has 0 unspecified atom stereocenters. The maximum absolute atomic E-state index is 12.5. The van der Waals surface area contributed by atoms with Crippen LogP contribution in [0.5, 0.6) is 0 Å². The summed E-state index contributed by atoms with van der Waals surface area (Å²) in [5.41, 5.74) is 2.71. The highest BCUT2D eigenvalue weighted by Crippen LogP contribution is 2.17.